The van der Waals surface area contributed by atoms with E-state index in [1.165, 1.54) is 11.8 Å². The highest BCUT2D eigenvalue weighted by atomic mass is 127. The normalized spacial score (nSPS) is 15.4. The lowest BCUT2D eigenvalue weighted by atomic mass is 10.1. The van der Waals surface area contributed by atoms with E-state index in [1.807, 2.05) is 61.5 Å². The zero-order valence-electron chi connectivity index (χ0n) is 21.5. The Kier molecular flexibility index (Phi) is 11.0. The van der Waals surface area contributed by atoms with Gasteiger partial charge in [0.2, 0.25) is 0 Å². The van der Waals surface area contributed by atoms with Crippen LogP contribution in [0, 0.1) is 3.57 Å². The van der Waals surface area contributed by atoms with Crippen LogP contribution in [0.2, 0.25) is 10.0 Å². The molecule has 1 aliphatic rings. The molecular weight excluding hydrogens is 670 g/mol. The van der Waals surface area contributed by atoms with Gasteiger partial charge in [0.25, 0.3) is 5.91 Å². The Labute approximate surface area is 256 Å². The number of halogens is 3. The Hall–Kier alpha value is -2.24. The van der Waals surface area contributed by atoms with Crippen LogP contribution in [0.3, 0.4) is 0 Å². The van der Waals surface area contributed by atoms with Crippen molar-refractivity contribution in [2.75, 3.05) is 26.9 Å². The number of rotatable bonds is 11. The first-order chi connectivity index (χ1) is 18.9. The van der Waals surface area contributed by atoms with E-state index in [0.29, 0.717) is 64.4 Å². The summed E-state index contributed by atoms with van der Waals surface area (Å²) in [5.74, 6) is 1.14. The Bertz CT molecular complexity index is 1390. The van der Waals surface area contributed by atoms with Gasteiger partial charge in [-0.05, 0) is 101 Å². The van der Waals surface area contributed by atoms with E-state index in [2.05, 4.69) is 22.6 Å². The number of thioether (sulfide) groups is 1. The van der Waals surface area contributed by atoms with Crippen molar-refractivity contribution in [2.24, 2.45) is 4.99 Å². The predicted molar refractivity (Wildman–Crippen MR) is 168 cm³/mol. The Morgan fingerprint density at radius 3 is 2.56 bits per heavy atom. The number of methoxy groups -OCH3 is 1. The average molecular weight is 697 g/mol. The molecule has 1 fully saturated rings. The lowest BCUT2D eigenvalue weighted by Gasteiger charge is -2.15. The summed E-state index contributed by atoms with van der Waals surface area (Å²) in [6, 6.07) is 18.9. The minimum absolute atomic E-state index is 0.0845. The van der Waals surface area contributed by atoms with Gasteiger partial charge in [-0.25, -0.2) is 4.99 Å². The number of hydrogen-bond acceptors (Lipinski definition) is 6. The molecule has 0 spiro atoms. The van der Waals surface area contributed by atoms with Gasteiger partial charge in [0, 0.05) is 20.3 Å². The van der Waals surface area contributed by atoms with Gasteiger partial charge in [-0.2, -0.15) is 0 Å². The van der Waals surface area contributed by atoms with Gasteiger partial charge in [0.15, 0.2) is 16.7 Å². The van der Waals surface area contributed by atoms with Crippen molar-refractivity contribution in [1.82, 2.24) is 4.90 Å². The van der Waals surface area contributed by atoms with Gasteiger partial charge in [0.05, 0.1) is 30.8 Å². The van der Waals surface area contributed by atoms with E-state index < -0.39 is 0 Å². The monoisotopic (exact) mass is 696 g/mol. The van der Waals surface area contributed by atoms with Crippen LogP contribution in [0.1, 0.15) is 24.5 Å². The number of ether oxygens (including phenoxy) is 3. The molecule has 0 aliphatic carbocycles. The smallest absolute Gasteiger partial charge is 0.266 e. The molecule has 0 saturated carbocycles. The topological polar surface area (TPSA) is 60.4 Å². The largest absolute Gasteiger partial charge is 0.490 e. The van der Waals surface area contributed by atoms with E-state index in [4.69, 9.17) is 42.4 Å². The van der Waals surface area contributed by atoms with Gasteiger partial charge in [-0.15, -0.1) is 0 Å². The summed E-state index contributed by atoms with van der Waals surface area (Å²) in [7, 11) is 1.65. The number of aliphatic imine (C=N–C) groups is 1. The molecule has 0 bridgehead atoms. The highest BCUT2D eigenvalue weighted by Crippen LogP contribution is 2.38. The van der Waals surface area contributed by atoms with Crippen molar-refractivity contribution in [3.05, 3.63) is 90.3 Å². The first kappa shape index (κ1) is 29.7. The number of para-hydroxylation sites is 1. The maximum absolute atomic E-state index is 13.4. The molecule has 6 nitrogen and oxygen atoms in total. The lowest BCUT2D eigenvalue weighted by Crippen LogP contribution is -2.30. The summed E-state index contributed by atoms with van der Waals surface area (Å²) < 4.78 is 18.1. The molecule has 0 atom stereocenters. The minimum atomic E-state index is -0.0845. The number of nitrogens with zero attached hydrogens (tertiary/aromatic N) is 2. The fourth-order valence-corrected chi connectivity index (χ4v) is 5.91. The van der Waals surface area contributed by atoms with E-state index in [0.717, 1.165) is 20.4 Å². The molecule has 1 heterocycles. The molecule has 39 heavy (non-hydrogen) atoms. The standard InChI is InChI=1S/C29H27Cl2IN2O4S/c1-3-37-25-16-20(15-24(32)27(25)38-18-19-10-11-22(30)23(31)14-19)17-26-28(35)34(12-7-13-36-2)29(39-26)33-21-8-5-4-6-9-21/h4-6,8-11,14-17H,3,7,12-13,18H2,1-2H3/b26-17-,33-29?. The molecule has 1 saturated heterocycles. The van der Waals surface area contributed by atoms with Crippen LogP contribution in [0.5, 0.6) is 11.5 Å². The third kappa shape index (κ3) is 7.91. The van der Waals surface area contributed by atoms with Crippen molar-refractivity contribution in [3.63, 3.8) is 0 Å². The first-order valence-electron chi connectivity index (χ1n) is 12.3. The van der Waals surface area contributed by atoms with Crippen LogP contribution in [0.15, 0.2) is 70.6 Å². The molecule has 0 unspecified atom stereocenters. The quantitative estimate of drug-likeness (QED) is 0.115. The number of carbonyl (C=O) groups is 1. The van der Waals surface area contributed by atoms with Crippen molar-refractivity contribution in [1.29, 1.82) is 0 Å². The van der Waals surface area contributed by atoms with Gasteiger partial charge >= 0.3 is 0 Å². The summed E-state index contributed by atoms with van der Waals surface area (Å²) in [6.45, 7) is 3.77. The van der Waals surface area contributed by atoms with E-state index in [9.17, 15) is 4.79 Å². The second-order valence-corrected chi connectivity index (χ2v) is 11.4. The highest BCUT2D eigenvalue weighted by Gasteiger charge is 2.33. The van der Waals surface area contributed by atoms with Gasteiger partial charge < -0.3 is 14.2 Å². The molecule has 4 rings (SSSR count). The van der Waals surface area contributed by atoms with E-state index in [1.54, 1.807) is 24.1 Å². The van der Waals surface area contributed by atoms with Gasteiger partial charge in [-0.3, -0.25) is 9.69 Å². The van der Waals surface area contributed by atoms with Crippen LogP contribution in [0.4, 0.5) is 5.69 Å². The molecule has 0 N–H and O–H groups in total. The second-order valence-electron chi connectivity index (χ2n) is 8.44. The lowest BCUT2D eigenvalue weighted by molar-refractivity contribution is -0.122. The number of amides is 1. The number of carbonyl (C=O) groups excluding carboxylic acids is 1. The minimum Gasteiger partial charge on any atom is -0.490 e. The first-order valence-corrected chi connectivity index (χ1v) is 14.9. The number of amidine groups is 1. The molecule has 1 amide bonds. The molecule has 10 heteroatoms. The third-order valence-electron chi connectivity index (χ3n) is 5.60. The van der Waals surface area contributed by atoms with Crippen LogP contribution in [0.25, 0.3) is 6.08 Å². The zero-order valence-corrected chi connectivity index (χ0v) is 25.9. The summed E-state index contributed by atoms with van der Waals surface area (Å²) in [5, 5.41) is 1.62. The molecule has 204 valence electrons. The fraction of sp³-hybridized carbons (Fsp3) is 0.241. The van der Waals surface area contributed by atoms with Crippen molar-refractivity contribution in [3.8, 4) is 11.5 Å². The third-order valence-corrected chi connectivity index (χ3v) is 8.14. The van der Waals surface area contributed by atoms with Gasteiger partial charge in [0.1, 0.15) is 6.61 Å². The average Bonchev–Trinajstić information content (AvgIpc) is 3.20. The summed E-state index contributed by atoms with van der Waals surface area (Å²) >= 11 is 15.8. The maximum Gasteiger partial charge on any atom is 0.266 e. The summed E-state index contributed by atoms with van der Waals surface area (Å²) in [4.78, 5) is 20.5. The molecular formula is C29H27Cl2IN2O4S. The molecule has 1 aliphatic heterocycles. The van der Waals surface area contributed by atoms with Crippen molar-refractivity contribution in [2.45, 2.75) is 20.0 Å². The second kappa shape index (κ2) is 14.4. The zero-order chi connectivity index (χ0) is 27.8. The molecule has 3 aromatic rings. The number of benzene rings is 3. The predicted octanol–water partition coefficient (Wildman–Crippen LogP) is 8.22. The van der Waals surface area contributed by atoms with Crippen LogP contribution in [-0.2, 0) is 16.1 Å². The Balaban J connectivity index is 1.61. The number of hydrogen-bond donors (Lipinski definition) is 0. The van der Waals surface area contributed by atoms with Crippen LogP contribution < -0.4 is 9.47 Å². The molecule has 0 aromatic heterocycles. The summed E-state index contributed by atoms with van der Waals surface area (Å²) in [6.07, 6.45) is 2.58. The van der Waals surface area contributed by atoms with Gasteiger partial charge in [-0.1, -0.05) is 47.5 Å². The van der Waals surface area contributed by atoms with E-state index in [-0.39, 0.29) is 5.91 Å². The van der Waals surface area contributed by atoms with Crippen molar-refractivity contribution >= 4 is 80.4 Å². The Morgan fingerprint density at radius 1 is 1.05 bits per heavy atom. The van der Waals surface area contributed by atoms with E-state index >= 15 is 0 Å². The maximum atomic E-state index is 13.4. The van der Waals surface area contributed by atoms with Crippen LogP contribution >= 0.6 is 57.6 Å². The fourth-order valence-electron chi connectivity index (χ4n) is 3.78. The van der Waals surface area contributed by atoms with Crippen LogP contribution in [-0.4, -0.2) is 42.8 Å². The summed E-state index contributed by atoms with van der Waals surface area (Å²) in [5.41, 5.74) is 2.52. The SMILES string of the molecule is CCOc1cc(/C=C2\SC(=Nc3ccccc3)N(CCCOC)C2=O)cc(I)c1OCc1ccc(Cl)c(Cl)c1. The highest BCUT2D eigenvalue weighted by molar-refractivity contribution is 14.1. The molecule has 3 aromatic carbocycles. The molecule has 0 radical (unpaired) electrons. The van der Waals surface area contributed by atoms with Crippen molar-refractivity contribution < 1.29 is 19.0 Å². The Morgan fingerprint density at radius 2 is 1.85 bits per heavy atom.